The van der Waals surface area contributed by atoms with E-state index >= 15 is 0 Å². The van der Waals surface area contributed by atoms with Crippen LogP contribution in [0, 0.1) is 0 Å². The predicted octanol–water partition coefficient (Wildman–Crippen LogP) is 4.29. The molecule has 0 aromatic heterocycles. The molecule has 0 bridgehead atoms. The molecule has 0 heterocycles. The van der Waals surface area contributed by atoms with Crippen LogP contribution in [0.5, 0.6) is 0 Å². The molecule has 90 valence electrons. The van der Waals surface area contributed by atoms with Crippen molar-refractivity contribution in [3.05, 3.63) is 12.2 Å². The minimum Gasteiger partial charge on any atom is -0.0654 e. The molecule has 0 aliphatic carbocycles. The monoisotopic (exact) mass is 218 g/mol. The first-order chi connectivity index (χ1) is 7.91. The van der Waals surface area contributed by atoms with E-state index in [1.165, 1.54) is 56.5 Å². The fraction of sp³-hybridized carbons (Fsp3) is 0.857. The third-order valence-corrected chi connectivity index (χ3v) is 2.67. The summed E-state index contributed by atoms with van der Waals surface area (Å²) in [7, 11) is 0. The molecule has 0 radical (unpaired) electrons. The third kappa shape index (κ3) is 14.3. The third-order valence-electron chi connectivity index (χ3n) is 2.67. The normalized spacial score (nSPS) is 11.4. The van der Waals surface area contributed by atoms with Crippen LogP contribution in [0.4, 0.5) is 0 Å². The van der Waals surface area contributed by atoms with Crippen molar-refractivity contribution in [1.29, 1.82) is 0 Å². The molecule has 0 N–H and O–H groups in total. The van der Waals surface area contributed by atoms with Gasteiger partial charge in [-0.3, -0.25) is 0 Å². The standard InChI is InChI=1S/C14H27O.Li/c1-3-5-7-9-11-13-15-14-12-10-8-6-4-2;/h5,7H,1,3-4,6,8-14H2,2H3;/b7-5-;. The molecule has 0 aromatic carbocycles. The Morgan fingerprint density at radius 1 is 0.875 bits per heavy atom. The first-order valence-electron chi connectivity index (χ1n) is 7.14. The molecule has 2 heteroatoms. The number of allylic oxidation sites excluding steroid dienone is 2. The zero-order valence-electron chi connectivity index (χ0n) is 11.3. The second kappa shape index (κ2) is 15.3. The van der Waals surface area contributed by atoms with Gasteiger partial charge in [-0.15, -0.1) is 0 Å². The maximum absolute atomic E-state index is 5.59. The van der Waals surface area contributed by atoms with Crippen molar-refractivity contribution < 1.29 is 4.74 Å². The van der Waals surface area contributed by atoms with Gasteiger partial charge in [0.1, 0.15) is 0 Å². The summed E-state index contributed by atoms with van der Waals surface area (Å²) in [4.78, 5) is 0. The molecule has 0 fully saturated rings. The smallest absolute Gasteiger partial charge is 0.0654 e. The van der Waals surface area contributed by atoms with Gasteiger partial charge >= 0.3 is 91.4 Å². The summed E-state index contributed by atoms with van der Waals surface area (Å²) >= 11 is 2.21. The molecule has 0 aliphatic rings. The minimum absolute atomic E-state index is 0.935. The van der Waals surface area contributed by atoms with Gasteiger partial charge in [-0.05, 0) is 0 Å². The fourth-order valence-electron chi connectivity index (χ4n) is 1.62. The van der Waals surface area contributed by atoms with Crippen molar-refractivity contribution in [2.45, 2.75) is 63.4 Å². The topological polar surface area (TPSA) is 9.23 Å². The van der Waals surface area contributed by atoms with Crippen molar-refractivity contribution in [1.82, 2.24) is 0 Å². The van der Waals surface area contributed by atoms with Crippen molar-refractivity contribution >= 4 is 17.7 Å². The molecule has 0 spiro atoms. The van der Waals surface area contributed by atoms with Gasteiger partial charge in [0.25, 0.3) is 0 Å². The Morgan fingerprint density at radius 2 is 1.56 bits per heavy atom. The summed E-state index contributed by atoms with van der Waals surface area (Å²) < 4.78 is 5.59. The van der Waals surface area contributed by atoms with Crippen LogP contribution in [0.2, 0.25) is 5.09 Å². The van der Waals surface area contributed by atoms with Crippen molar-refractivity contribution in [2.24, 2.45) is 0 Å². The van der Waals surface area contributed by atoms with E-state index in [4.69, 9.17) is 4.74 Å². The number of hydrogen-bond donors (Lipinski definition) is 0. The van der Waals surface area contributed by atoms with E-state index < -0.39 is 0 Å². The summed E-state index contributed by atoms with van der Waals surface area (Å²) in [6, 6.07) is 0. The summed E-state index contributed by atoms with van der Waals surface area (Å²) in [5.74, 6) is 0. The molecule has 0 aliphatic heterocycles. The van der Waals surface area contributed by atoms with E-state index in [1.807, 2.05) is 0 Å². The predicted molar refractivity (Wildman–Crippen MR) is 73.1 cm³/mol. The first-order valence-corrected chi connectivity index (χ1v) is 7.14. The molecule has 0 atom stereocenters. The Bertz CT molecular complexity index is 146. The Labute approximate surface area is 111 Å². The Kier molecular flexibility index (Phi) is 15.6. The maximum atomic E-state index is 5.59. The number of unbranched alkanes of at least 4 members (excludes halogenated alkanes) is 5. The van der Waals surface area contributed by atoms with Gasteiger partial charge < -0.3 is 0 Å². The van der Waals surface area contributed by atoms with E-state index in [1.54, 1.807) is 0 Å². The van der Waals surface area contributed by atoms with Gasteiger partial charge in [-0.1, -0.05) is 19.8 Å². The SMILES string of the molecule is [Li][CH2]C/C=C\CCCOCCCCCCC. The van der Waals surface area contributed by atoms with Gasteiger partial charge in [0.2, 0.25) is 0 Å². The van der Waals surface area contributed by atoms with Crippen LogP contribution in [0.15, 0.2) is 12.2 Å². The minimum atomic E-state index is 0.935. The molecule has 0 unspecified atom stereocenters. The van der Waals surface area contributed by atoms with Crippen molar-refractivity contribution in [2.75, 3.05) is 13.2 Å². The average Bonchev–Trinajstić information content (AvgIpc) is 2.31. The van der Waals surface area contributed by atoms with Crippen LogP contribution >= 0.6 is 0 Å². The molecule has 0 rings (SSSR count). The van der Waals surface area contributed by atoms with E-state index in [9.17, 15) is 0 Å². The van der Waals surface area contributed by atoms with Crippen LogP contribution in [-0.2, 0) is 4.74 Å². The van der Waals surface area contributed by atoms with E-state index in [0.29, 0.717) is 0 Å². The van der Waals surface area contributed by atoms with Gasteiger partial charge in [-0.2, -0.15) is 0 Å². The summed E-state index contributed by atoms with van der Waals surface area (Å²) in [6.07, 6.45) is 14.8. The van der Waals surface area contributed by atoms with Crippen LogP contribution in [0.3, 0.4) is 0 Å². The van der Waals surface area contributed by atoms with Crippen molar-refractivity contribution in [3.63, 3.8) is 0 Å². The van der Waals surface area contributed by atoms with E-state index in [-0.39, 0.29) is 0 Å². The molecule has 1 nitrogen and oxygen atoms in total. The molecule has 16 heavy (non-hydrogen) atoms. The molecule has 0 saturated carbocycles. The fourth-order valence-corrected chi connectivity index (χ4v) is 1.62. The number of ether oxygens (including phenoxy) is 1. The van der Waals surface area contributed by atoms with Crippen LogP contribution in [0.25, 0.3) is 0 Å². The Balaban J connectivity index is 2.93. The van der Waals surface area contributed by atoms with Gasteiger partial charge in [0.15, 0.2) is 0 Å². The molecular weight excluding hydrogens is 191 g/mol. The van der Waals surface area contributed by atoms with Crippen molar-refractivity contribution in [3.8, 4) is 0 Å². The molecule has 0 saturated heterocycles. The zero-order chi connectivity index (χ0) is 11.9. The van der Waals surface area contributed by atoms with Gasteiger partial charge in [0.05, 0.1) is 0 Å². The van der Waals surface area contributed by atoms with E-state index in [0.717, 1.165) is 13.2 Å². The Hall–Kier alpha value is 0.297. The second-order valence-corrected chi connectivity index (χ2v) is 4.43. The van der Waals surface area contributed by atoms with Gasteiger partial charge in [0, 0.05) is 0 Å². The second-order valence-electron chi connectivity index (χ2n) is 4.43. The Morgan fingerprint density at radius 3 is 2.31 bits per heavy atom. The molecule has 0 aromatic rings. The number of rotatable bonds is 12. The van der Waals surface area contributed by atoms with Crippen LogP contribution < -0.4 is 0 Å². The van der Waals surface area contributed by atoms with Gasteiger partial charge in [-0.25, -0.2) is 0 Å². The molecule has 0 amide bonds. The summed E-state index contributed by atoms with van der Waals surface area (Å²) in [6.45, 7) is 4.15. The first kappa shape index (κ1) is 16.3. The summed E-state index contributed by atoms with van der Waals surface area (Å²) in [5.41, 5.74) is 0. The molecular formula is C14H27LiO. The quantitative estimate of drug-likeness (QED) is 0.270. The van der Waals surface area contributed by atoms with Crippen LogP contribution in [-0.4, -0.2) is 30.9 Å². The number of hydrogen-bond acceptors (Lipinski definition) is 1. The average molecular weight is 218 g/mol. The zero-order valence-corrected chi connectivity index (χ0v) is 11.3. The van der Waals surface area contributed by atoms with E-state index in [2.05, 4.69) is 36.8 Å². The van der Waals surface area contributed by atoms with Crippen LogP contribution in [0.1, 0.15) is 58.3 Å². The summed E-state index contributed by atoms with van der Waals surface area (Å²) in [5, 5.41) is 1.25.